The molecular weight excluding hydrogens is 310 g/mol. The lowest BCUT2D eigenvalue weighted by Crippen LogP contribution is -2.17. The van der Waals surface area contributed by atoms with Crippen LogP contribution in [0.25, 0.3) is 22.0 Å². The molecule has 3 aromatic rings. The Morgan fingerprint density at radius 1 is 1.25 bits per heavy atom. The number of aromatic amines is 1. The van der Waals surface area contributed by atoms with Gasteiger partial charge in [0.05, 0.1) is 12.7 Å². The first-order valence-electron chi connectivity index (χ1n) is 7.13. The van der Waals surface area contributed by atoms with Crippen LogP contribution in [0.4, 0.5) is 0 Å². The maximum absolute atomic E-state index is 12.3. The Labute approximate surface area is 136 Å². The molecule has 0 aliphatic rings. The van der Waals surface area contributed by atoms with E-state index in [1.807, 2.05) is 6.07 Å². The number of carbonyl (C=O) groups is 2. The van der Waals surface area contributed by atoms with Gasteiger partial charge in [0.15, 0.2) is 0 Å². The van der Waals surface area contributed by atoms with Crippen LogP contribution in [0.5, 0.6) is 0 Å². The lowest BCUT2D eigenvalue weighted by Gasteiger charge is -2.08. The molecule has 7 nitrogen and oxygen atoms in total. The topological polar surface area (TPSA) is 107 Å². The third-order valence-corrected chi connectivity index (χ3v) is 3.82. The van der Waals surface area contributed by atoms with Gasteiger partial charge in [-0.15, -0.1) is 0 Å². The number of fused-ring (bicyclic) bond motifs is 1. The normalized spacial score (nSPS) is 10.8. The van der Waals surface area contributed by atoms with Crippen molar-refractivity contribution in [1.29, 1.82) is 0 Å². The number of hydrogen-bond acceptors (Lipinski definition) is 4. The maximum atomic E-state index is 12.3. The molecule has 1 aromatic carbocycles. The molecule has 2 aromatic heterocycles. The Kier molecular flexibility index (Phi) is 3.69. The van der Waals surface area contributed by atoms with Gasteiger partial charge in [-0.1, -0.05) is 12.1 Å². The van der Waals surface area contributed by atoms with Crippen LogP contribution in [-0.2, 0) is 11.8 Å². The third-order valence-electron chi connectivity index (χ3n) is 3.82. The van der Waals surface area contributed by atoms with E-state index < -0.39 is 11.9 Å². The SMILES string of the molecule is COC(=O)c1cccc(-c2cn(C)c(=O)c3[nH]c(C(N)=O)cc23)c1. The maximum Gasteiger partial charge on any atom is 0.337 e. The third kappa shape index (κ3) is 2.45. The second-order valence-electron chi connectivity index (χ2n) is 5.37. The predicted octanol–water partition coefficient (Wildman–Crippen LogP) is 1.42. The van der Waals surface area contributed by atoms with E-state index in [0.29, 0.717) is 22.1 Å². The summed E-state index contributed by atoms with van der Waals surface area (Å²) in [5.41, 5.74) is 7.26. The molecule has 2 heterocycles. The Hall–Kier alpha value is -3.35. The van der Waals surface area contributed by atoms with Gasteiger partial charge in [-0.3, -0.25) is 9.59 Å². The highest BCUT2D eigenvalue weighted by Crippen LogP contribution is 2.28. The van der Waals surface area contributed by atoms with Gasteiger partial charge in [-0.2, -0.15) is 0 Å². The molecule has 24 heavy (non-hydrogen) atoms. The minimum absolute atomic E-state index is 0.152. The van der Waals surface area contributed by atoms with Gasteiger partial charge in [0.2, 0.25) is 0 Å². The summed E-state index contributed by atoms with van der Waals surface area (Å²) >= 11 is 0. The summed E-state index contributed by atoms with van der Waals surface area (Å²) in [5, 5.41) is 0.564. The molecule has 1 amide bonds. The Morgan fingerprint density at radius 3 is 2.67 bits per heavy atom. The van der Waals surface area contributed by atoms with Crippen LogP contribution >= 0.6 is 0 Å². The van der Waals surface area contributed by atoms with E-state index in [2.05, 4.69) is 4.98 Å². The van der Waals surface area contributed by atoms with Crippen molar-refractivity contribution < 1.29 is 14.3 Å². The molecule has 0 radical (unpaired) electrons. The number of rotatable bonds is 3. The van der Waals surface area contributed by atoms with Crippen molar-refractivity contribution >= 4 is 22.8 Å². The monoisotopic (exact) mass is 325 g/mol. The number of methoxy groups -OCH3 is 1. The number of nitrogens with zero attached hydrogens (tertiary/aromatic N) is 1. The molecule has 0 aliphatic heterocycles. The van der Waals surface area contributed by atoms with Crippen molar-refractivity contribution in [3.05, 3.63) is 58.1 Å². The van der Waals surface area contributed by atoms with Crippen molar-refractivity contribution in [3.8, 4) is 11.1 Å². The minimum atomic E-state index is -0.650. The number of pyridine rings is 1. The van der Waals surface area contributed by atoms with Gasteiger partial charge in [-0.05, 0) is 23.8 Å². The quantitative estimate of drug-likeness (QED) is 0.710. The summed E-state index contributed by atoms with van der Waals surface area (Å²) in [7, 11) is 2.92. The first kappa shape index (κ1) is 15.5. The molecule has 0 aliphatic carbocycles. The van der Waals surface area contributed by atoms with Crippen molar-refractivity contribution in [2.24, 2.45) is 12.8 Å². The van der Waals surface area contributed by atoms with Crippen molar-refractivity contribution in [3.63, 3.8) is 0 Å². The predicted molar refractivity (Wildman–Crippen MR) is 88.8 cm³/mol. The Morgan fingerprint density at radius 2 is 2.00 bits per heavy atom. The number of ether oxygens (including phenoxy) is 1. The average molecular weight is 325 g/mol. The number of nitrogens with two attached hydrogens (primary N) is 1. The zero-order valence-electron chi connectivity index (χ0n) is 13.1. The standard InChI is InChI=1S/C17H15N3O4/c1-20-8-12(9-4-3-5-10(6-9)17(23)24-2)11-7-13(15(18)21)19-14(11)16(20)22/h3-8,19H,1-2H3,(H2,18,21). The number of H-pyrrole nitrogens is 1. The number of aromatic nitrogens is 2. The number of aryl methyl sites for hydroxylation is 1. The fraction of sp³-hybridized carbons (Fsp3) is 0.118. The molecule has 0 saturated heterocycles. The van der Waals surface area contributed by atoms with Crippen LogP contribution in [0.15, 0.2) is 41.3 Å². The Bertz CT molecular complexity index is 1030. The van der Waals surface area contributed by atoms with E-state index in [-0.39, 0.29) is 16.8 Å². The van der Waals surface area contributed by atoms with Crippen molar-refractivity contribution in [2.45, 2.75) is 0 Å². The first-order chi connectivity index (χ1) is 11.4. The summed E-state index contributed by atoms with van der Waals surface area (Å²) in [6.45, 7) is 0. The van der Waals surface area contributed by atoms with Crippen molar-refractivity contribution in [1.82, 2.24) is 9.55 Å². The zero-order valence-corrected chi connectivity index (χ0v) is 13.1. The van der Waals surface area contributed by atoms with Gasteiger partial charge < -0.3 is 20.0 Å². The number of amides is 1. The van der Waals surface area contributed by atoms with Gasteiger partial charge in [-0.25, -0.2) is 4.79 Å². The number of nitrogens with one attached hydrogen (secondary N) is 1. The summed E-state index contributed by atoms with van der Waals surface area (Å²) < 4.78 is 6.14. The van der Waals surface area contributed by atoms with E-state index in [1.165, 1.54) is 11.7 Å². The summed E-state index contributed by atoms with van der Waals surface area (Å²) in [4.78, 5) is 38.2. The molecule has 0 unspecified atom stereocenters. The summed E-state index contributed by atoms with van der Waals surface area (Å²) in [5.74, 6) is -1.10. The van der Waals surface area contributed by atoms with E-state index in [4.69, 9.17) is 10.5 Å². The lowest BCUT2D eigenvalue weighted by atomic mass is 10.0. The summed E-state index contributed by atoms with van der Waals surface area (Å²) in [6.07, 6.45) is 1.65. The number of carbonyl (C=O) groups excluding carboxylic acids is 2. The number of benzene rings is 1. The fourth-order valence-electron chi connectivity index (χ4n) is 2.63. The van der Waals surface area contributed by atoms with Crippen molar-refractivity contribution in [2.75, 3.05) is 7.11 Å². The van der Waals surface area contributed by atoms with Gasteiger partial charge in [0.25, 0.3) is 11.5 Å². The molecule has 0 bridgehead atoms. The largest absolute Gasteiger partial charge is 0.465 e. The number of hydrogen-bond donors (Lipinski definition) is 2. The molecule has 0 fully saturated rings. The smallest absolute Gasteiger partial charge is 0.337 e. The van der Waals surface area contributed by atoms with Crippen LogP contribution < -0.4 is 11.3 Å². The second kappa shape index (κ2) is 5.69. The number of primary amides is 1. The van der Waals surface area contributed by atoms with Crippen LogP contribution in [0.3, 0.4) is 0 Å². The van der Waals surface area contributed by atoms with Gasteiger partial charge in [0.1, 0.15) is 11.2 Å². The fourth-order valence-corrected chi connectivity index (χ4v) is 2.63. The molecule has 3 N–H and O–H groups in total. The average Bonchev–Trinajstić information content (AvgIpc) is 3.03. The Balaban J connectivity index is 2.30. The first-order valence-corrected chi connectivity index (χ1v) is 7.13. The molecule has 0 spiro atoms. The van der Waals surface area contributed by atoms with E-state index in [0.717, 1.165) is 0 Å². The van der Waals surface area contributed by atoms with Gasteiger partial charge in [0, 0.05) is 24.2 Å². The van der Waals surface area contributed by atoms with E-state index in [1.54, 1.807) is 37.5 Å². The van der Waals surface area contributed by atoms with E-state index >= 15 is 0 Å². The van der Waals surface area contributed by atoms with Crippen LogP contribution in [-0.4, -0.2) is 28.5 Å². The van der Waals surface area contributed by atoms with Gasteiger partial charge >= 0.3 is 5.97 Å². The molecule has 3 rings (SSSR count). The van der Waals surface area contributed by atoms with Crippen LogP contribution in [0, 0.1) is 0 Å². The molecule has 122 valence electrons. The zero-order chi connectivity index (χ0) is 17.4. The molecule has 7 heteroatoms. The van der Waals surface area contributed by atoms with Crippen LogP contribution in [0.2, 0.25) is 0 Å². The molecule has 0 atom stereocenters. The second-order valence-corrected chi connectivity index (χ2v) is 5.37. The molecular formula is C17H15N3O4. The number of esters is 1. The lowest BCUT2D eigenvalue weighted by molar-refractivity contribution is 0.0600. The van der Waals surface area contributed by atoms with Crippen LogP contribution in [0.1, 0.15) is 20.8 Å². The highest BCUT2D eigenvalue weighted by molar-refractivity contribution is 6.02. The van der Waals surface area contributed by atoms with E-state index in [9.17, 15) is 14.4 Å². The summed E-state index contributed by atoms with van der Waals surface area (Å²) in [6, 6.07) is 8.38. The highest BCUT2D eigenvalue weighted by atomic mass is 16.5. The highest BCUT2D eigenvalue weighted by Gasteiger charge is 2.15. The minimum Gasteiger partial charge on any atom is -0.465 e. The molecule has 0 saturated carbocycles.